The largest absolute Gasteiger partial charge is 0.336 e. The molecule has 0 bridgehead atoms. The molecule has 0 radical (unpaired) electrons. The summed E-state index contributed by atoms with van der Waals surface area (Å²) in [6.45, 7) is 4.35. The lowest BCUT2D eigenvalue weighted by Gasteiger charge is -2.33. The predicted molar refractivity (Wildman–Crippen MR) is 93.1 cm³/mol. The van der Waals surface area contributed by atoms with Crippen LogP contribution in [0.1, 0.15) is 19.8 Å². The van der Waals surface area contributed by atoms with Gasteiger partial charge in [-0.05, 0) is 19.1 Å². The number of hydrogen-bond acceptors (Lipinski definition) is 3. The first-order chi connectivity index (χ1) is 12.1. The molecule has 1 aromatic rings. The Morgan fingerprint density at radius 1 is 1.24 bits per heavy atom. The fourth-order valence-corrected chi connectivity index (χ4v) is 3.54. The number of urea groups is 1. The molecule has 0 saturated carbocycles. The minimum absolute atomic E-state index is 0.0265. The van der Waals surface area contributed by atoms with Crippen molar-refractivity contribution in [3.8, 4) is 0 Å². The Kier molecular flexibility index (Phi) is 5.33. The summed E-state index contributed by atoms with van der Waals surface area (Å²) in [5, 5.41) is 5.61. The van der Waals surface area contributed by atoms with E-state index >= 15 is 0 Å². The Balaban J connectivity index is 1.50. The minimum Gasteiger partial charge on any atom is -0.336 e. The van der Waals surface area contributed by atoms with Crippen molar-refractivity contribution in [1.29, 1.82) is 0 Å². The Hall–Kier alpha value is -2.41. The van der Waals surface area contributed by atoms with Crippen molar-refractivity contribution < 1.29 is 19.3 Å². The number of imide groups is 1. The molecule has 3 N–H and O–H groups in total. The van der Waals surface area contributed by atoms with Crippen molar-refractivity contribution in [2.75, 3.05) is 31.5 Å². The molecule has 4 amide bonds. The molecule has 2 aliphatic heterocycles. The van der Waals surface area contributed by atoms with Gasteiger partial charge in [-0.25, -0.2) is 4.79 Å². The van der Waals surface area contributed by atoms with Crippen LogP contribution in [0.2, 0.25) is 0 Å². The second-order valence-electron chi connectivity index (χ2n) is 6.73. The first kappa shape index (κ1) is 17.4. The summed E-state index contributed by atoms with van der Waals surface area (Å²) in [7, 11) is 0. The van der Waals surface area contributed by atoms with Crippen LogP contribution in [0.15, 0.2) is 30.3 Å². The summed E-state index contributed by atoms with van der Waals surface area (Å²) < 4.78 is 0. The van der Waals surface area contributed by atoms with Crippen molar-refractivity contribution in [3.63, 3.8) is 0 Å². The highest BCUT2D eigenvalue weighted by Gasteiger charge is 2.37. The zero-order valence-corrected chi connectivity index (χ0v) is 14.5. The van der Waals surface area contributed by atoms with Crippen molar-refractivity contribution in [2.24, 2.45) is 5.92 Å². The van der Waals surface area contributed by atoms with Gasteiger partial charge in [-0.2, -0.15) is 0 Å². The highest BCUT2D eigenvalue weighted by Crippen LogP contribution is 2.14. The fraction of sp³-hybridized carbons (Fsp3) is 0.500. The number of likely N-dealkylation sites (tertiary alicyclic amines) is 1. The SMILES string of the molecule is C[C@H](C(=O)N1CCNC1=O)[NH+]1CCC(C(=O)Nc2ccccc2)CC1. The van der Waals surface area contributed by atoms with E-state index in [9.17, 15) is 14.4 Å². The maximum Gasteiger partial charge on any atom is 0.324 e. The molecule has 0 aromatic heterocycles. The maximum atomic E-state index is 12.5. The van der Waals surface area contributed by atoms with Crippen molar-refractivity contribution in [1.82, 2.24) is 10.2 Å². The second-order valence-corrected chi connectivity index (χ2v) is 6.73. The molecular formula is C18H25N4O3+. The van der Waals surface area contributed by atoms with Crippen molar-refractivity contribution in [3.05, 3.63) is 30.3 Å². The average molecular weight is 345 g/mol. The van der Waals surface area contributed by atoms with Crippen LogP contribution in [0.4, 0.5) is 10.5 Å². The third-order valence-electron chi connectivity index (χ3n) is 5.15. The summed E-state index contributed by atoms with van der Waals surface area (Å²) in [6, 6.07) is 8.89. The van der Waals surface area contributed by atoms with Gasteiger partial charge < -0.3 is 15.5 Å². The van der Waals surface area contributed by atoms with E-state index in [-0.39, 0.29) is 29.8 Å². The van der Waals surface area contributed by atoms with Crippen molar-refractivity contribution in [2.45, 2.75) is 25.8 Å². The van der Waals surface area contributed by atoms with Crippen LogP contribution in [0.25, 0.3) is 0 Å². The highest BCUT2D eigenvalue weighted by atomic mass is 16.2. The summed E-state index contributed by atoms with van der Waals surface area (Å²) in [5.74, 6) is -0.110. The number of nitrogens with one attached hydrogen (secondary N) is 3. The van der Waals surface area contributed by atoms with Crippen LogP contribution in [0, 0.1) is 5.92 Å². The van der Waals surface area contributed by atoms with E-state index in [1.807, 2.05) is 37.3 Å². The van der Waals surface area contributed by atoms with E-state index in [1.54, 1.807) is 0 Å². The molecule has 7 nitrogen and oxygen atoms in total. The fourth-order valence-electron chi connectivity index (χ4n) is 3.54. The van der Waals surface area contributed by atoms with Crippen LogP contribution in [0.5, 0.6) is 0 Å². The third-order valence-corrected chi connectivity index (χ3v) is 5.15. The number of para-hydroxylation sites is 1. The molecule has 0 unspecified atom stereocenters. The van der Waals surface area contributed by atoms with E-state index < -0.39 is 0 Å². The van der Waals surface area contributed by atoms with Gasteiger partial charge in [0.1, 0.15) is 0 Å². The van der Waals surface area contributed by atoms with Gasteiger partial charge in [0.15, 0.2) is 6.04 Å². The summed E-state index contributed by atoms with van der Waals surface area (Å²) in [6.07, 6.45) is 1.50. The normalized spacial score (nSPS) is 24.5. The molecule has 2 fully saturated rings. The Bertz CT molecular complexity index is 641. The van der Waals surface area contributed by atoms with E-state index in [0.29, 0.717) is 13.1 Å². The minimum atomic E-state index is -0.298. The van der Waals surface area contributed by atoms with Gasteiger partial charge >= 0.3 is 6.03 Å². The van der Waals surface area contributed by atoms with E-state index in [2.05, 4.69) is 10.6 Å². The number of hydrogen-bond donors (Lipinski definition) is 3. The van der Waals surface area contributed by atoms with Crippen LogP contribution >= 0.6 is 0 Å². The zero-order valence-electron chi connectivity index (χ0n) is 14.5. The van der Waals surface area contributed by atoms with E-state index in [4.69, 9.17) is 0 Å². The van der Waals surface area contributed by atoms with Crippen LogP contribution in [-0.4, -0.2) is 55.0 Å². The molecule has 2 heterocycles. The first-order valence-electron chi connectivity index (χ1n) is 8.86. The van der Waals surface area contributed by atoms with Gasteiger partial charge in [-0.3, -0.25) is 14.5 Å². The molecule has 1 atom stereocenters. The number of carbonyl (C=O) groups is 3. The molecule has 25 heavy (non-hydrogen) atoms. The number of quaternary nitrogens is 1. The lowest BCUT2D eigenvalue weighted by molar-refractivity contribution is -0.919. The quantitative estimate of drug-likeness (QED) is 0.710. The molecule has 1 aromatic carbocycles. The van der Waals surface area contributed by atoms with E-state index in [1.165, 1.54) is 4.90 Å². The monoisotopic (exact) mass is 345 g/mol. The number of benzene rings is 1. The predicted octanol–water partition coefficient (Wildman–Crippen LogP) is -0.140. The van der Waals surface area contributed by atoms with Crippen LogP contribution < -0.4 is 15.5 Å². The standard InChI is InChI=1S/C18H24N4O3/c1-13(17(24)22-12-9-19-18(22)25)21-10-7-14(8-11-21)16(23)20-15-5-3-2-4-6-15/h2-6,13-14H,7-12H2,1H3,(H,19,25)(H,20,23)/p+1/t13-/m1/s1. The number of anilines is 1. The third kappa shape index (κ3) is 3.99. The molecule has 7 heteroatoms. The van der Waals surface area contributed by atoms with E-state index in [0.717, 1.165) is 36.5 Å². The average Bonchev–Trinajstić information content (AvgIpc) is 3.07. The number of piperidine rings is 1. The Morgan fingerprint density at radius 2 is 1.92 bits per heavy atom. The summed E-state index contributed by atoms with van der Waals surface area (Å²) in [4.78, 5) is 39.0. The van der Waals surface area contributed by atoms with Crippen molar-refractivity contribution >= 4 is 23.5 Å². The zero-order chi connectivity index (χ0) is 17.8. The molecule has 134 valence electrons. The number of rotatable bonds is 4. The molecule has 2 aliphatic rings. The number of amides is 4. The topological polar surface area (TPSA) is 83.0 Å². The summed E-state index contributed by atoms with van der Waals surface area (Å²) in [5.41, 5.74) is 0.811. The van der Waals surface area contributed by atoms with Crippen LogP contribution in [-0.2, 0) is 9.59 Å². The maximum absolute atomic E-state index is 12.5. The van der Waals surface area contributed by atoms with Gasteiger partial charge in [-0.15, -0.1) is 0 Å². The second kappa shape index (κ2) is 7.65. The van der Waals surface area contributed by atoms with Gasteiger partial charge in [0.25, 0.3) is 5.91 Å². The lowest BCUT2D eigenvalue weighted by atomic mass is 9.94. The molecular weight excluding hydrogens is 320 g/mol. The smallest absolute Gasteiger partial charge is 0.324 e. The van der Waals surface area contributed by atoms with Gasteiger partial charge in [0.2, 0.25) is 5.91 Å². The highest BCUT2D eigenvalue weighted by molar-refractivity contribution is 5.97. The first-order valence-corrected chi connectivity index (χ1v) is 8.86. The molecule has 0 aliphatic carbocycles. The lowest BCUT2D eigenvalue weighted by Crippen LogP contribution is -3.17. The number of carbonyl (C=O) groups excluding carboxylic acids is 3. The Labute approximate surface area is 147 Å². The van der Waals surface area contributed by atoms with Gasteiger partial charge in [0, 0.05) is 37.5 Å². The molecule has 3 rings (SSSR count). The number of nitrogens with zero attached hydrogens (tertiary/aromatic N) is 1. The molecule has 2 saturated heterocycles. The van der Waals surface area contributed by atoms with Gasteiger partial charge in [0.05, 0.1) is 13.1 Å². The molecule has 0 spiro atoms. The Morgan fingerprint density at radius 3 is 2.52 bits per heavy atom. The summed E-state index contributed by atoms with van der Waals surface area (Å²) >= 11 is 0. The van der Waals surface area contributed by atoms with Crippen LogP contribution in [0.3, 0.4) is 0 Å². The van der Waals surface area contributed by atoms with Gasteiger partial charge in [-0.1, -0.05) is 18.2 Å².